The van der Waals surface area contributed by atoms with Gasteiger partial charge in [0.1, 0.15) is 6.29 Å². The van der Waals surface area contributed by atoms with Crippen LogP contribution in [0.1, 0.15) is 6.42 Å². The molecule has 1 heterocycles. The summed E-state index contributed by atoms with van der Waals surface area (Å²) < 4.78 is 46.4. The monoisotopic (exact) mass is 296 g/mol. The van der Waals surface area contributed by atoms with Crippen molar-refractivity contribution < 1.29 is 27.4 Å². The molecular formula is C10H11F3N2O3S. The fraction of sp³-hybridized carbons (Fsp3) is 0.500. The summed E-state index contributed by atoms with van der Waals surface area (Å²) in [4.78, 5) is 18.3. The summed E-state index contributed by atoms with van der Waals surface area (Å²) in [7, 11) is 2.70. The highest BCUT2D eigenvalue weighted by molar-refractivity contribution is 8.00. The summed E-state index contributed by atoms with van der Waals surface area (Å²) in [6, 6.07) is 1.38. The second-order valence-electron chi connectivity index (χ2n) is 3.35. The first-order valence-corrected chi connectivity index (χ1v) is 5.91. The molecule has 5 nitrogen and oxygen atoms in total. The number of aldehydes is 1. The van der Waals surface area contributed by atoms with E-state index in [1.165, 1.54) is 20.3 Å². The number of aromatic nitrogens is 2. The van der Waals surface area contributed by atoms with Gasteiger partial charge in [-0.15, -0.1) is 0 Å². The summed E-state index contributed by atoms with van der Waals surface area (Å²) in [5.41, 5.74) is 0. The minimum Gasteiger partial charge on any atom is -0.481 e. The largest absolute Gasteiger partial charge is 0.481 e. The van der Waals surface area contributed by atoms with E-state index in [9.17, 15) is 18.0 Å². The fourth-order valence-electron chi connectivity index (χ4n) is 1.13. The molecule has 1 atom stereocenters. The molecule has 0 saturated carbocycles. The zero-order valence-electron chi connectivity index (χ0n) is 10.1. The van der Waals surface area contributed by atoms with E-state index in [0.717, 1.165) is 0 Å². The van der Waals surface area contributed by atoms with E-state index in [1.54, 1.807) is 0 Å². The Balaban J connectivity index is 2.87. The maximum Gasteiger partial charge on any atom is 0.390 e. The molecule has 0 radical (unpaired) electrons. The van der Waals surface area contributed by atoms with Crippen molar-refractivity contribution in [1.82, 2.24) is 9.97 Å². The molecule has 106 valence electrons. The lowest BCUT2D eigenvalue weighted by molar-refractivity contribution is -0.138. The van der Waals surface area contributed by atoms with Crippen molar-refractivity contribution in [2.45, 2.75) is 23.0 Å². The van der Waals surface area contributed by atoms with Crippen LogP contribution in [0.25, 0.3) is 0 Å². The minimum absolute atomic E-state index is 0.0162. The highest BCUT2D eigenvalue weighted by Gasteiger charge is 2.32. The topological polar surface area (TPSA) is 61.3 Å². The molecule has 0 aliphatic rings. The maximum absolute atomic E-state index is 12.2. The van der Waals surface area contributed by atoms with Gasteiger partial charge in [-0.05, 0) is 0 Å². The number of hydrogen-bond acceptors (Lipinski definition) is 6. The number of carbonyl (C=O) groups is 1. The van der Waals surface area contributed by atoms with Crippen LogP contribution in [0.5, 0.6) is 11.8 Å². The Hall–Kier alpha value is -1.51. The minimum atomic E-state index is -4.43. The summed E-state index contributed by atoms with van der Waals surface area (Å²) in [5, 5.41) is -1.32. The predicted molar refractivity (Wildman–Crippen MR) is 61.5 cm³/mol. The number of carbonyl (C=O) groups excluding carboxylic acids is 1. The van der Waals surface area contributed by atoms with Gasteiger partial charge in [-0.3, -0.25) is 0 Å². The van der Waals surface area contributed by atoms with Crippen LogP contribution in [-0.4, -0.2) is 41.9 Å². The Morgan fingerprint density at radius 1 is 1.32 bits per heavy atom. The number of methoxy groups -OCH3 is 2. The second-order valence-corrected chi connectivity index (χ2v) is 4.55. The van der Waals surface area contributed by atoms with Crippen molar-refractivity contribution in [1.29, 1.82) is 0 Å². The van der Waals surface area contributed by atoms with Crippen molar-refractivity contribution in [2.24, 2.45) is 0 Å². The molecule has 0 aliphatic carbocycles. The first kappa shape index (κ1) is 15.5. The smallest absolute Gasteiger partial charge is 0.390 e. The maximum atomic E-state index is 12.2. The quantitative estimate of drug-likeness (QED) is 0.455. The van der Waals surface area contributed by atoms with E-state index in [0.29, 0.717) is 11.8 Å². The molecule has 0 aromatic carbocycles. The second kappa shape index (κ2) is 6.60. The number of nitrogens with zero attached hydrogens (tertiary/aromatic N) is 2. The van der Waals surface area contributed by atoms with E-state index >= 15 is 0 Å². The zero-order valence-corrected chi connectivity index (χ0v) is 10.9. The summed E-state index contributed by atoms with van der Waals surface area (Å²) >= 11 is 0.604. The Labute approximate surface area is 111 Å². The van der Waals surface area contributed by atoms with Gasteiger partial charge in [0.25, 0.3) is 0 Å². The lowest BCUT2D eigenvalue weighted by Crippen LogP contribution is -2.18. The molecule has 1 aromatic heterocycles. The van der Waals surface area contributed by atoms with Crippen LogP contribution in [0.2, 0.25) is 0 Å². The van der Waals surface area contributed by atoms with Gasteiger partial charge in [0, 0.05) is 0 Å². The van der Waals surface area contributed by atoms with E-state index in [4.69, 9.17) is 9.47 Å². The highest BCUT2D eigenvalue weighted by Crippen LogP contribution is 2.31. The Kier molecular flexibility index (Phi) is 5.40. The lowest BCUT2D eigenvalue weighted by Gasteiger charge is -2.12. The van der Waals surface area contributed by atoms with Crippen LogP contribution in [0.4, 0.5) is 13.2 Å². The van der Waals surface area contributed by atoms with Crippen LogP contribution in [0, 0.1) is 0 Å². The van der Waals surface area contributed by atoms with Crippen LogP contribution in [0.15, 0.2) is 11.2 Å². The molecule has 1 rings (SSSR count). The van der Waals surface area contributed by atoms with Crippen molar-refractivity contribution in [3.05, 3.63) is 6.07 Å². The third-order valence-corrected chi connectivity index (χ3v) is 2.89. The van der Waals surface area contributed by atoms with Crippen molar-refractivity contribution in [3.8, 4) is 11.8 Å². The Morgan fingerprint density at radius 3 is 2.21 bits per heavy atom. The third kappa shape index (κ3) is 5.33. The Morgan fingerprint density at radius 2 is 1.84 bits per heavy atom. The van der Waals surface area contributed by atoms with Gasteiger partial charge < -0.3 is 14.3 Å². The van der Waals surface area contributed by atoms with E-state index < -0.39 is 17.8 Å². The third-order valence-electron chi connectivity index (χ3n) is 1.92. The van der Waals surface area contributed by atoms with E-state index in [1.807, 2.05) is 0 Å². The summed E-state index contributed by atoms with van der Waals surface area (Å²) in [6.07, 6.45) is -5.46. The normalized spacial score (nSPS) is 12.9. The molecule has 0 aliphatic heterocycles. The van der Waals surface area contributed by atoms with Gasteiger partial charge in [0.15, 0.2) is 5.16 Å². The average Bonchev–Trinajstić information content (AvgIpc) is 2.35. The number of alkyl halides is 3. The summed E-state index contributed by atoms with van der Waals surface area (Å²) in [6.45, 7) is 0. The molecule has 0 bridgehead atoms. The number of thioether (sulfide) groups is 1. The first-order chi connectivity index (χ1) is 8.87. The number of rotatable bonds is 6. The fourth-order valence-corrected chi connectivity index (χ4v) is 2.01. The molecule has 0 saturated heterocycles. The first-order valence-electron chi connectivity index (χ1n) is 5.03. The molecular weight excluding hydrogens is 285 g/mol. The molecule has 0 fully saturated rings. The molecule has 1 unspecified atom stereocenters. The van der Waals surface area contributed by atoms with Crippen LogP contribution < -0.4 is 9.47 Å². The number of hydrogen-bond donors (Lipinski definition) is 0. The van der Waals surface area contributed by atoms with Gasteiger partial charge >= 0.3 is 6.18 Å². The van der Waals surface area contributed by atoms with Crippen molar-refractivity contribution in [3.63, 3.8) is 0 Å². The molecule has 9 heteroatoms. The molecule has 0 amide bonds. The van der Waals surface area contributed by atoms with Gasteiger partial charge in [-0.2, -0.15) is 23.1 Å². The van der Waals surface area contributed by atoms with Crippen molar-refractivity contribution in [2.75, 3.05) is 14.2 Å². The Bertz CT molecular complexity index is 420. The number of halogens is 3. The van der Waals surface area contributed by atoms with Crippen LogP contribution in [-0.2, 0) is 4.79 Å². The van der Waals surface area contributed by atoms with Gasteiger partial charge in [-0.1, -0.05) is 11.8 Å². The highest BCUT2D eigenvalue weighted by atomic mass is 32.2. The average molecular weight is 296 g/mol. The molecule has 1 aromatic rings. The lowest BCUT2D eigenvalue weighted by atomic mass is 10.3. The number of ether oxygens (including phenoxy) is 2. The van der Waals surface area contributed by atoms with Gasteiger partial charge in [-0.25, -0.2) is 0 Å². The standard InChI is InChI=1S/C10H11F3N2O3S/c1-17-7-3-8(18-2)15-9(14-7)19-6(5-16)4-10(11,12)13/h3,5-6H,4H2,1-2H3. The van der Waals surface area contributed by atoms with Crippen molar-refractivity contribution >= 4 is 18.0 Å². The zero-order chi connectivity index (χ0) is 14.5. The summed E-state index contributed by atoms with van der Waals surface area (Å²) in [5.74, 6) is 0.289. The van der Waals surface area contributed by atoms with E-state index in [-0.39, 0.29) is 23.2 Å². The predicted octanol–water partition coefficient (Wildman–Crippen LogP) is 2.11. The van der Waals surface area contributed by atoms with Crippen LogP contribution in [0.3, 0.4) is 0 Å². The van der Waals surface area contributed by atoms with E-state index in [2.05, 4.69) is 9.97 Å². The molecule has 19 heavy (non-hydrogen) atoms. The van der Waals surface area contributed by atoms with Gasteiger partial charge in [0.05, 0.1) is 32.0 Å². The molecule has 0 spiro atoms. The van der Waals surface area contributed by atoms with Gasteiger partial charge in [0.2, 0.25) is 11.8 Å². The SMILES string of the molecule is COc1cc(OC)nc(SC(C=O)CC(F)(F)F)n1. The van der Waals surface area contributed by atoms with Crippen LogP contribution >= 0.6 is 11.8 Å². The molecule has 0 N–H and O–H groups in total.